The first kappa shape index (κ1) is 11.5. The third-order valence-corrected chi connectivity index (χ3v) is 4.58. The Morgan fingerprint density at radius 1 is 0.625 bits per heavy atom. The van der Waals surface area contributed by atoms with Crippen LogP contribution in [0.3, 0.4) is 0 Å². The van der Waals surface area contributed by atoms with Crippen molar-refractivity contribution in [2.24, 2.45) is 23.7 Å². The fourth-order valence-corrected chi connectivity index (χ4v) is 3.54. The number of nitrogens with zero attached hydrogens (tertiary/aromatic N) is 2. The van der Waals surface area contributed by atoms with Gasteiger partial charge in [0, 0.05) is 0 Å². The number of hydrogen-bond acceptors (Lipinski definition) is 2. The average Bonchev–Trinajstić information content (AvgIpc) is 2.75. The Kier molecular flexibility index (Phi) is 3.83. The highest BCUT2D eigenvalue weighted by molar-refractivity contribution is 5.00. The molecule has 0 aromatic carbocycles. The molecule has 0 aromatic rings. The van der Waals surface area contributed by atoms with Gasteiger partial charge in [0.25, 0.3) is 0 Å². The molecule has 0 aliphatic heterocycles. The van der Waals surface area contributed by atoms with Crippen LogP contribution in [-0.4, -0.2) is 0 Å². The van der Waals surface area contributed by atoms with Gasteiger partial charge in [0.2, 0.25) is 0 Å². The number of nitriles is 2. The fourth-order valence-electron chi connectivity index (χ4n) is 3.54. The highest BCUT2D eigenvalue weighted by atomic mass is 14.4. The second-order valence-corrected chi connectivity index (χ2v) is 5.43. The first-order valence-electron chi connectivity index (χ1n) is 6.64. The van der Waals surface area contributed by atoms with E-state index in [2.05, 4.69) is 12.1 Å². The van der Waals surface area contributed by atoms with Gasteiger partial charge in [-0.15, -0.1) is 0 Å². The first-order chi connectivity index (χ1) is 7.85. The number of hydrogen-bond donors (Lipinski definition) is 0. The van der Waals surface area contributed by atoms with Gasteiger partial charge in [-0.05, 0) is 37.5 Å². The van der Waals surface area contributed by atoms with Gasteiger partial charge >= 0.3 is 0 Å². The van der Waals surface area contributed by atoms with E-state index in [9.17, 15) is 0 Å². The molecule has 2 fully saturated rings. The Hall–Kier alpha value is -1.02. The minimum atomic E-state index is -0.00333. The lowest BCUT2D eigenvalue weighted by Crippen LogP contribution is -2.10. The van der Waals surface area contributed by atoms with Gasteiger partial charge in [-0.25, -0.2) is 0 Å². The molecule has 2 aliphatic rings. The molecule has 2 aliphatic carbocycles. The van der Waals surface area contributed by atoms with Crippen LogP contribution in [0.4, 0.5) is 0 Å². The van der Waals surface area contributed by atoms with E-state index in [1.165, 1.54) is 38.5 Å². The van der Waals surface area contributed by atoms with Crippen molar-refractivity contribution in [3.63, 3.8) is 0 Å². The molecule has 0 bridgehead atoms. The molecule has 86 valence electrons. The molecule has 0 aromatic heterocycles. The monoisotopic (exact) mass is 216 g/mol. The van der Waals surface area contributed by atoms with Gasteiger partial charge < -0.3 is 0 Å². The van der Waals surface area contributed by atoms with Gasteiger partial charge in [0.1, 0.15) is 0 Å². The van der Waals surface area contributed by atoms with Crippen LogP contribution in [0, 0.1) is 46.3 Å². The van der Waals surface area contributed by atoms with Crippen molar-refractivity contribution >= 4 is 0 Å². The summed E-state index contributed by atoms with van der Waals surface area (Å²) in [6.45, 7) is 0. The molecule has 0 radical (unpaired) electrons. The lowest BCUT2D eigenvalue weighted by atomic mass is 9.85. The molecule has 0 heterocycles. The van der Waals surface area contributed by atoms with E-state index < -0.39 is 0 Å². The Morgan fingerprint density at radius 2 is 1.06 bits per heavy atom. The number of rotatable bonds is 1. The van der Waals surface area contributed by atoms with Crippen molar-refractivity contribution in [1.29, 1.82) is 10.5 Å². The lowest BCUT2D eigenvalue weighted by molar-refractivity contribution is 0.301. The molecule has 16 heavy (non-hydrogen) atoms. The molecule has 0 saturated heterocycles. The van der Waals surface area contributed by atoms with Crippen molar-refractivity contribution in [2.75, 3.05) is 0 Å². The summed E-state index contributed by atoms with van der Waals surface area (Å²) in [5, 5.41) is 18.1. The maximum absolute atomic E-state index is 9.07. The van der Waals surface area contributed by atoms with Crippen LogP contribution >= 0.6 is 0 Å². The minimum absolute atomic E-state index is 0.00333. The first-order valence-corrected chi connectivity index (χ1v) is 6.64. The Balaban J connectivity index is 1.96. The van der Waals surface area contributed by atoms with Crippen molar-refractivity contribution < 1.29 is 0 Å². The Labute approximate surface area is 98.3 Å². The largest absolute Gasteiger partial charge is 0.198 e. The van der Waals surface area contributed by atoms with Crippen LogP contribution in [0.1, 0.15) is 51.4 Å². The molecule has 0 N–H and O–H groups in total. The fraction of sp³-hybridized carbons (Fsp3) is 0.857. The zero-order valence-electron chi connectivity index (χ0n) is 9.86. The molecule has 2 nitrogen and oxygen atoms in total. The zero-order valence-corrected chi connectivity index (χ0v) is 9.86. The SMILES string of the molecule is N#CC1CCC(C2CCCC2)CCC1C#N. The zero-order chi connectivity index (χ0) is 11.4. The molecule has 0 amide bonds. The Bertz CT molecular complexity index is 280. The van der Waals surface area contributed by atoms with Crippen LogP contribution in [0.2, 0.25) is 0 Å². The van der Waals surface area contributed by atoms with Crippen molar-refractivity contribution in [3.8, 4) is 12.1 Å². The normalized spacial score (nSPS) is 36.2. The van der Waals surface area contributed by atoms with E-state index >= 15 is 0 Å². The second-order valence-electron chi connectivity index (χ2n) is 5.43. The van der Waals surface area contributed by atoms with Crippen LogP contribution in [0.5, 0.6) is 0 Å². The highest BCUT2D eigenvalue weighted by Gasteiger charge is 2.31. The summed E-state index contributed by atoms with van der Waals surface area (Å²) >= 11 is 0. The highest BCUT2D eigenvalue weighted by Crippen LogP contribution is 2.40. The standard InChI is InChI=1S/C14H20N2/c15-9-13-7-5-12(6-8-14(13)10-16)11-3-1-2-4-11/h11-14H,1-8H2. The van der Waals surface area contributed by atoms with Gasteiger partial charge in [0.05, 0.1) is 24.0 Å². The van der Waals surface area contributed by atoms with E-state index in [4.69, 9.17) is 10.5 Å². The summed E-state index contributed by atoms with van der Waals surface area (Å²) in [5.41, 5.74) is 0. The van der Waals surface area contributed by atoms with Crippen LogP contribution in [-0.2, 0) is 0 Å². The topological polar surface area (TPSA) is 47.6 Å². The summed E-state index contributed by atoms with van der Waals surface area (Å²) in [4.78, 5) is 0. The lowest BCUT2D eigenvalue weighted by Gasteiger charge is -2.21. The van der Waals surface area contributed by atoms with Crippen molar-refractivity contribution in [1.82, 2.24) is 0 Å². The molecular formula is C14H20N2. The molecule has 2 atom stereocenters. The summed E-state index contributed by atoms with van der Waals surface area (Å²) < 4.78 is 0. The molecule has 0 spiro atoms. The molecule has 2 heteroatoms. The van der Waals surface area contributed by atoms with E-state index in [1.54, 1.807) is 0 Å². The molecule has 2 rings (SSSR count). The summed E-state index contributed by atoms with van der Waals surface area (Å²) in [6, 6.07) is 4.67. The van der Waals surface area contributed by atoms with Gasteiger partial charge in [-0.3, -0.25) is 0 Å². The average molecular weight is 216 g/mol. The smallest absolute Gasteiger partial charge is 0.0669 e. The Morgan fingerprint density at radius 3 is 1.50 bits per heavy atom. The molecule has 2 saturated carbocycles. The summed E-state index contributed by atoms with van der Waals surface area (Å²) in [7, 11) is 0. The molecular weight excluding hydrogens is 196 g/mol. The van der Waals surface area contributed by atoms with E-state index in [-0.39, 0.29) is 11.8 Å². The van der Waals surface area contributed by atoms with E-state index in [1.807, 2.05) is 0 Å². The third kappa shape index (κ3) is 2.38. The maximum atomic E-state index is 9.07. The summed E-state index contributed by atoms with van der Waals surface area (Å²) in [6.07, 6.45) is 9.83. The third-order valence-electron chi connectivity index (χ3n) is 4.58. The quantitative estimate of drug-likeness (QED) is 0.628. The maximum Gasteiger partial charge on any atom is 0.0669 e. The van der Waals surface area contributed by atoms with E-state index in [0.717, 1.165) is 24.7 Å². The van der Waals surface area contributed by atoms with Crippen LogP contribution in [0.25, 0.3) is 0 Å². The van der Waals surface area contributed by atoms with Gasteiger partial charge in [0.15, 0.2) is 0 Å². The van der Waals surface area contributed by atoms with Crippen LogP contribution in [0.15, 0.2) is 0 Å². The predicted molar refractivity (Wildman–Crippen MR) is 62.1 cm³/mol. The second kappa shape index (κ2) is 5.35. The summed E-state index contributed by atoms with van der Waals surface area (Å²) in [5.74, 6) is 1.70. The van der Waals surface area contributed by atoms with Gasteiger partial charge in [-0.1, -0.05) is 25.7 Å². The molecule has 2 unspecified atom stereocenters. The van der Waals surface area contributed by atoms with E-state index in [0.29, 0.717) is 0 Å². The van der Waals surface area contributed by atoms with Crippen LogP contribution < -0.4 is 0 Å². The van der Waals surface area contributed by atoms with Crippen molar-refractivity contribution in [2.45, 2.75) is 51.4 Å². The van der Waals surface area contributed by atoms with Crippen molar-refractivity contribution in [3.05, 3.63) is 0 Å². The van der Waals surface area contributed by atoms with Gasteiger partial charge in [-0.2, -0.15) is 10.5 Å². The predicted octanol–water partition coefficient (Wildman–Crippen LogP) is 3.65. The minimum Gasteiger partial charge on any atom is -0.198 e.